The van der Waals surface area contributed by atoms with Crippen LogP contribution in [0, 0.1) is 5.92 Å². The second kappa shape index (κ2) is 11.2. The Morgan fingerprint density at radius 2 is 1.65 bits per heavy atom. The van der Waals surface area contributed by atoms with Gasteiger partial charge in [-0.3, -0.25) is 4.79 Å². The van der Waals surface area contributed by atoms with Crippen LogP contribution in [0.5, 0.6) is 5.75 Å². The summed E-state index contributed by atoms with van der Waals surface area (Å²) in [6, 6.07) is 28.1. The number of fused-ring (bicyclic) bond motifs is 1. The average Bonchev–Trinajstić information content (AvgIpc) is 3.38. The zero-order chi connectivity index (χ0) is 25.8. The third kappa shape index (κ3) is 4.98. The van der Waals surface area contributed by atoms with Gasteiger partial charge in [-0.15, -0.1) is 0 Å². The Morgan fingerprint density at radius 1 is 0.973 bits per heavy atom. The summed E-state index contributed by atoms with van der Waals surface area (Å²) in [5.41, 5.74) is 4.67. The normalized spacial score (nSPS) is 20.4. The lowest BCUT2D eigenvalue weighted by Crippen LogP contribution is -2.45. The molecule has 0 spiro atoms. The maximum Gasteiger partial charge on any atom is 0.227 e. The Hall–Kier alpha value is -2.92. The zero-order valence-corrected chi connectivity index (χ0v) is 23.0. The van der Waals surface area contributed by atoms with Gasteiger partial charge in [0.05, 0.1) is 18.7 Å². The third-order valence-corrected chi connectivity index (χ3v) is 9.35. The van der Waals surface area contributed by atoms with Gasteiger partial charge in [-0.25, -0.2) is 0 Å². The molecule has 3 aromatic carbocycles. The zero-order valence-electron chi connectivity index (χ0n) is 22.2. The van der Waals surface area contributed by atoms with Crippen LogP contribution in [0.1, 0.15) is 36.5 Å². The van der Waals surface area contributed by atoms with Crippen molar-refractivity contribution in [1.82, 2.24) is 4.90 Å². The van der Waals surface area contributed by atoms with Crippen LogP contribution in [0.25, 0.3) is 0 Å². The lowest BCUT2D eigenvalue weighted by atomic mass is 9.63. The molecule has 1 amide bonds. The number of likely N-dealkylation sites (tertiary alicyclic amines) is 1. The highest BCUT2D eigenvalue weighted by molar-refractivity contribution is 8.00. The van der Waals surface area contributed by atoms with Crippen molar-refractivity contribution in [2.75, 3.05) is 44.4 Å². The van der Waals surface area contributed by atoms with Crippen LogP contribution >= 0.6 is 11.8 Å². The Morgan fingerprint density at radius 3 is 2.27 bits per heavy atom. The van der Waals surface area contributed by atoms with E-state index in [0.717, 1.165) is 48.7 Å². The number of rotatable bonds is 8. The molecular formula is C32H38N2O2S. The van der Waals surface area contributed by atoms with Crippen molar-refractivity contribution in [1.29, 1.82) is 0 Å². The van der Waals surface area contributed by atoms with Crippen LogP contribution in [0.2, 0.25) is 0 Å². The number of carbonyl (C=O) groups is 1. The van der Waals surface area contributed by atoms with E-state index in [4.69, 9.17) is 4.74 Å². The van der Waals surface area contributed by atoms with Crippen LogP contribution in [0.15, 0.2) is 78.9 Å². The number of amides is 1. The highest BCUT2D eigenvalue weighted by Crippen LogP contribution is 2.53. The van der Waals surface area contributed by atoms with Crippen LogP contribution < -0.4 is 9.64 Å². The first-order chi connectivity index (χ1) is 18.0. The summed E-state index contributed by atoms with van der Waals surface area (Å²) in [6.45, 7) is 4.36. The largest absolute Gasteiger partial charge is 0.491 e. The molecule has 5 heteroatoms. The molecule has 2 heterocycles. The molecule has 2 aliphatic rings. The molecule has 37 heavy (non-hydrogen) atoms. The molecule has 2 unspecified atom stereocenters. The van der Waals surface area contributed by atoms with Crippen LogP contribution in [0.3, 0.4) is 0 Å². The average molecular weight is 515 g/mol. The number of nitrogens with zero attached hydrogens (tertiary/aromatic N) is 2. The minimum atomic E-state index is -0.0757. The van der Waals surface area contributed by atoms with Crippen LogP contribution in [0.4, 0.5) is 5.69 Å². The molecule has 194 valence electrons. The number of para-hydroxylation sites is 1. The molecule has 0 aromatic heterocycles. The van der Waals surface area contributed by atoms with E-state index >= 15 is 0 Å². The molecule has 0 radical (unpaired) electrons. The van der Waals surface area contributed by atoms with Crippen LogP contribution in [-0.4, -0.2) is 55.6 Å². The number of thioether (sulfide) groups is 1. The number of benzene rings is 3. The van der Waals surface area contributed by atoms with Gasteiger partial charge in [0.25, 0.3) is 0 Å². The highest BCUT2D eigenvalue weighted by Gasteiger charge is 2.52. The van der Waals surface area contributed by atoms with Gasteiger partial charge in [0.2, 0.25) is 5.91 Å². The van der Waals surface area contributed by atoms with Gasteiger partial charge in [0.1, 0.15) is 5.75 Å². The van der Waals surface area contributed by atoms with E-state index in [0.29, 0.717) is 24.2 Å². The Kier molecular flexibility index (Phi) is 7.80. The smallest absolute Gasteiger partial charge is 0.227 e. The molecule has 0 N–H and O–H groups in total. The van der Waals surface area contributed by atoms with Crippen molar-refractivity contribution in [3.63, 3.8) is 0 Å². The maximum absolute atomic E-state index is 13.8. The minimum Gasteiger partial charge on any atom is -0.491 e. The first kappa shape index (κ1) is 25.7. The summed E-state index contributed by atoms with van der Waals surface area (Å²) in [6.07, 6.45) is 2.40. The summed E-state index contributed by atoms with van der Waals surface area (Å²) in [4.78, 5) is 18.0. The molecule has 2 atom stereocenters. The van der Waals surface area contributed by atoms with Gasteiger partial charge < -0.3 is 14.5 Å². The molecule has 3 aromatic rings. The van der Waals surface area contributed by atoms with Crippen LogP contribution in [-0.2, 0) is 16.6 Å². The van der Waals surface area contributed by atoms with Crippen molar-refractivity contribution in [3.05, 3.63) is 95.6 Å². The van der Waals surface area contributed by atoms with E-state index in [1.807, 2.05) is 38.0 Å². The highest BCUT2D eigenvalue weighted by atomic mass is 32.2. The van der Waals surface area contributed by atoms with Gasteiger partial charge in [-0.2, -0.15) is 11.8 Å². The quantitative estimate of drug-likeness (QED) is 0.367. The number of hydrogen-bond donors (Lipinski definition) is 0. The lowest BCUT2D eigenvalue weighted by molar-refractivity contribution is -0.129. The van der Waals surface area contributed by atoms with Crippen molar-refractivity contribution in [3.8, 4) is 5.75 Å². The van der Waals surface area contributed by atoms with E-state index < -0.39 is 0 Å². The van der Waals surface area contributed by atoms with E-state index in [2.05, 4.69) is 83.5 Å². The van der Waals surface area contributed by atoms with E-state index in [-0.39, 0.29) is 11.3 Å². The fourth-order valence-corrected chi connectivity index (χ4v) is 7.82. The molecule has 0 bridgehead atoms. The Bertz CT molecular complexity index is 1160. The van der Waals surface area contributed by atoms with Gasteiger partial charge in [0, 0.05) is 49.3 Å². The van der Waals surface area contributed by atoms with Gasteiger partial charge in [-0.1, -0.05) is 79.7 Å². The molecule has 5 rings (SSSR count). The standard InChI is InChI=1S/C32H38N2O2S/c1-4-19-36-31-24(12-11-17-28(31)33(2)3)21-30(35)34-22-27-29(23-34)37-20-18-32(27,25-13-7-5-8-14-25)26-15-9-6-10-16-26/h5-17,27,29H,4,18-23H2,1-3H3. The topological polar surface area (TPSA) is 32.8 Å². The lowest BCUT2D eigenvalue weighted by Gasteiger charge is -2.46. The first-order valence-corrected chi connectivity index (χ1v) is 14.5. The molecule has 2 fully saturated rings. The number of carbonyl (C=O) groups excluding carboxylic acids is 1. The van der Waals surface area contributed by atoms with E-state index in [1.165, 1.54) is 11.1 Å². The third-order valence-electron chi connectivity index (χ3n) is 8.01. The maximum atomic E-state index is 13.8. The van der Waals surface area contributed by atoms with E-state index in [1.54, 1.807) is 0 Å². The molecular weight excluding hydrogens is 476 g/mol. The predicted molar refractivity (Wildman–Crippen MR) is 155 cm³/mol. The van der Waals surface area contributed by atoms with Crippen molar-refractivity contribution in [2.45, 2.75) is 36.9 Å². The summed E-state index contributed by atoms with van der Waals surface area (Å²) < 4.78 is 6.17. The first-order valence-electron chi connectivity index (χ1n) is 13.5. The Labute approximate surface area is 226 Å². The molecule has 0 saturated carbocycles. The number of anilines is 1. The summed E-state index contributed by atoms with van der Waals surface area (Å²) >= 11 is 2.05. The molecule has 0 aliphatic carbocycles. The fraction of sp³-hybridized carbons (Fsp3) is 0.406. The predicted octanol–water partition coefficient (Wildman–Crippen LogP) is 6.03. The minimum absolute atomic E-state index is 0.0757. The monoisotopic (exact) mass is 514 g/mol. The summed E-state index contributed by atoms with van der Waals surface area (Å²) in [7, 11) is 4.05. The number of ether oxygens (including phenoxy) is 1. The molecule has 2 aliphatic heterocycles. The SMILES string of the molecule is CCCOc1c(CC(=O)N2CC3SCCC(c4ccccc4)(c4ccccc4)C3C2)cccc1N(C)C. The van der Waals surface area contributed by atoms with Crippen molar-refractivity contribution < 1.29 is 9.53 Å². The van der Waals surface area contributed by atoms with E-state index in [9.17, 15) is 4.79 Å². The molecule has 2 saturated heterocycles. The van der Waals surface area contributed by atoms with Gasteiger partial charge in [-0.05, 0) is 35.8 Å². The van der Waals surface area contributed by atoms with Crippen molar-refractivity contribution >= 4 is 23.4 Å². The Balaban J connectivity index is 1.44. The van der Waals surface area contributed by atoms with Crippen molar-refractivity contribution in [2.24, 2.45) is 5.92 Å². The second-order valence-corrected chi connectivity index (χ2v) is 11.8. The second-order valence-electron chi connectivity index (χ2n) is 10.5. The summed E-state index contributed by atoms with van der Waals surface area (Å²) in [5.74, 6) is 2.52. The molecule has 4 nitrogen and oxygen atoms in total. The fourth-order valence-electron chi connectivity index (χ4n) is 6.24. The van der Waals surface area contributed by atoms with Gasteiger partial charge >= 0.3 is 0 Å². The number of hydrogen-bond acceptors (Lipinski definition) is 4. The van der Waals surface area contributed by atoms with Gasteiger partial charge in [0.15, 0.2) is 0 Å². The summed E-state index contributed by atoms with van der Waals surface area (Å²) in [5, 5.41) is 0.432.